The summed E-state index contributed by atoms with van der Waals surface area (Å²) in [4.78, 5) is 0. The van der Waals surface area contributed by atoms with E-state index in [9.17, 15) is 0 Å². The molecule has 1 rings (SSSR count). The van der Waals surface area contributed by atoms with Crippen molar-refractivity contribution in [3.63, 3.8) is 0 Å². The van der Waals surface area contributed by atoms with Crippen LogP contribution in [0.1, 0.15) is 12.5 Å². The Balaban J connectivity index is 2.36. The fourth-order valence-corrected chi connectivity index (χ4v) is 2.02. The second kappa shape index (κ2) is 8.03. The summed E-state index contributed by atoms with van der Waals surface area (Å²) in [6.07, 6.45) is 0. The van der Waals surface area contributed by atoms with Gasteiger partial charge in [0.2, 0.25) is 0 Å². The van der Waals surface area contributed by atoms with Gasteiger partial charge >= 0.3 is 0 Å². The summed E-state index contributed by atoms with van der Waals surface area (Å²) in [6, 6.07) is 3.43. The average Bonchev–Trinajstić information content (AvgIpc) is 2.32. The van der Waals surface area contributed by atoms with Crippen molar-refractivity contribution in [2.45, 2.75) is 13.5 Å². The van der Waals surface area contributed by atoms with Gasteiger partial charge in [-0.25, -0.2) is 0 Å². The molecule has 0 aliphatic heterocycles. The first-order valence-electron chi connectivity index (χ1n) is 5.57. The van der Waals surface area contributed by atoms with Crippen LogP contribution in [-0.2, 0) is 11.3 Å². The van der Waals surface area contributed by atoms with Crippen molar-refractivity contribution >= 4 is 34.8 Å². The van der Waals surface area contributed by atoms with Crippen LogP contribution in [0.25, 0.3) is 0 Å². The maximum Gasteiger partial charge on any atom is 0.0672 e. The second-order valence-corrected chi connectivity index (χ2v) is 5.20. The molecule has 0 amide bonds. The fourth-order valence-electron chi connectivity index (χ4n) is 1.34. The fraction of sp³-hybridized carbons (Fsp3) is 0.385. The molecule has 0 heterocycles. The van der Waals surface area contributed by atoms with E-state index in [2.05, 4.69) is 11.9 Å². The Labute approximate surface area is 123 Å². The molecule has 0 radical (unpaired) electrons. The van der Waals surface area contributed by atoms with Gasteiger partial charge in [-0.3, -0.25) is 0 Å². The Morgan fingerprint density at radius 3 is 2.61 bits per heavy atom. The summed E-state index contributed by atoms with van der Waals surface area (Å²) in [5.41, 5.74) is 1.82. The molecule has 0 saturated heterocycles. The molecule has 0 aromatic heterocycles. The van der Waals surface area contributed by atoms with Gasteiger partial charge in [-0.2, -0.15) is 0 Å². The number of rotatable bonds is 7. The van der Waals surface area contributed by atoms with E-state index in [0.717, 1.165) is 11.1 Å². The lowest BCUT2D eigenvalue weighted by atomic mass is 10.2. The highest BCUT2D eigenvalue weighted by molar-refractivity contribution is 6.44. The van der Waals surface area contributed by atoms with Crippen LogP contribution >= 0.6 is 34.8 Å². The van der Waals surface area contributed by atoms with Crippen LogP contribution in [0.5, 0.6) is 0 Å². The van der Waals surface area contributed by atoms with Crippen molar-refractivity contribution in [1.82, 2.24) is 5.32 Å². The van der Waals surface area contributed by atoms with E-state index in [-0.39, 0.29) is 0 Å². The van der Waals surface area contributed by atoms with Crippen molar-refractivity contribution in [2.75, 3.05) is 19.8 Å². The number of nitrogens with one attached hydrogen (secondary N) is 1. The van der Waals surface area contributed by atoms with E-state index in [4.69, 9.17) is 39.5 Å². The van der Waals surface area contributed by atoms with Gasteiger partial charge in [0.05, 0.1) is 23.3 Å². The molecule has 1 aromatic rings. The molecule has 0 atom stereocenters. The molecule has 0 aliphatic rings. The lowest BCUT2D eigenvalue weighted by Crippen LogP contribution is -2.20. The minimum Gasteiger partial charge on any atom is -0.376 e. The quantitative estimate of drug-likeness (QED) is 0.460. The lowest BCUT2D eigenvalue weighted by Gasteiger charge is -2.10. The molecule has 2 nitrogen and oxygen atoms in total. The van der Waals surface area contributed by atoms with E-state index < -0.39 is 0 Å². The molecule has 0 saturated carbocycles. The monoisotopic (exact) mass is 307 g/mol. The van der Waals surface area contributed by atoms with Crippen LogP contribution in [0, 0.1) is 0 Å². The maximum absolute atomic E-state index is 6.08. The van der Waals surface area contributed by atoms with Crippen LogP contribution in [-0.4, -0.2) is 19.8 Å². The van der Waals surface area contributed by atoms with Crippen molar-refractivity contribution in [3.8, 4) is 0 Å². The van der Waals surface area contributed by atoms with Crippen molar-refractivity contribution in [1.29, 1.82) is 0 Å². The number of halogens is 3. The van der Waals surface area contributed by atoms with Gasteiger partial charge in [-0.15, -0.1) is 0 Å². The first-order valence-corrected chi connectivity index (χ1v) is 6.71. The van der Waals surface area contributed by atoms with Gasteiger partial charge in [0, 0.05) is 23.7 Å². The summed E-state index contributed by atoms with van der Waals surface area (Å²) in [7, 11) is 0. The molecule has 0 fully saturated rings. The summed E-state index contributed by atoms with van der Waals surface area (Å²) in [5, 5.41) is 4.82. The first-order chi connectivity index (χ1) is 8.52. The SMILES string of the molecule is C=C(C)COCCNCc1c(Cl)ccc(Cl)c1Cl. The van der Waals surface area contributed by atoms with Crippen LogP contribution < -0.4 is 5.32 Å². The van der Waals surface area contributed by atoms with Crippen molar-refractivity contribution in [3.05, 3.63) is 44.9 Å². The molecule has 0 bridgehead atoms. The smallest absolute Gasteiger partial charge is 0.0672 e. The van der Waals surface area contributed by atoms with Gasteiger partial charge in [0.25, 0.3) is 0 Å². The summed E-state index contributed by atoms with van der Waals surface area (Å²) in [5.74, 6) is 0. The number of hydrogen-bond acceptors (Lipinski definition) is 2. The number of hydrogen-bond donors (Lipinski definition) is 1. The second-order valence-electron chi connectivity index (χ2n) is 4.01. The molecular formula is C13H16Cl3NO. The van der Waals surface area contributed by atoms with Crippen LogP contribution in [0.4, 0.5) is 0 Å². The van der Waals surface area contributed by atoms with E-state index in [1.54, 1.807) is 12.1 Å². The summed E-state index contributed by atoms with van der Waals surface area (Å²) >= 11 is 18.1. The van der Waals surface area contributed by atoms with Crippen LogP contribution in [0.2, 0.25) is 15.1 Å². The van der Waals surface area contributed by atoms with E-state index in [0.29, 0.717) is 41.4 Å². The standard InChI is InChI=1S/C13H16Cl3NO/c1-9(2)8-18-6-5-17-7-10-11(14)3-4-12(15)13(10)16/h3-4,17H,1,5-8H2,2H3. The molecule has 5 heteroatoms. The normalized spacial score (nSPS) is 10.7. The van der Waals surface area contributed by atoms with E-state index in [1.807, 2.05) is 6.92 Å². The van der Waals surface area contributed by atoms with E-state index in [1.165, 1.54) is 0 Å². The maximum atomic E-state index is 6.08. The largest absolute Gasteiger partial charge is 0.376 e. The Kier molecular flexibility index (Phi) is 7.05. The third-order valence-corrected chi connectivity index (χ3v) is 3.41. The van der Waals surface area contributed by atoms with Crippen LogP contribution in [0.15, 0.2) is 24.3 Å². The van der Waals surface area contributed by atoms with Gasteiger partial charge < -0.3 is 10.1 Å². The third kappa shape index (κ3) is 5.17. The zero-order chi connectivity index (χ0) is 13.5. The van der Waals surface area contributed by atoms with Gasteiger partial charge in [0.15, 0.2) is 0 Å². The van der Waals surface area contributed by atoms with Crippen molar-refractivity contribution < 1.29 is 4.74 Å². The minimum atomic E-state index is 0.500. The van der Waals surface area contributed by atoms with Gasteiger partial charge in [0.1, 0.15) is 0 Å². The molecule has 1 N–H and O–H groups in total. The highest BCUT2D eigenvalue weighted by Gasteiger charge is 2.08. The van der Waals surface area contributed by atoms with Crippen LogP contribution in [0.3, 0.4) is 0 Å². The van der Waals surface area contributed by atoms with Gasteiger partial charge in [-0.1, -0.05) is 47.0 Å². The molecule has 0 spiro atoms. The molecule has 0 unspecified atom stereocenters. The predicted octanol–water partition coefficient (Wildman–Crippen LogP) is 4.33. The molecule has 1 aromatic carbocycles. The zero-order valence-electron chi connectivity index (χ0n) is 10.2. The average molecular weight is 309 g/mol. The number of benzene rings is 1. The topological polar surface area (TPSA) is 21.3 Å². The molecular weight excluding hydrogens is 293 g/mol. The van der Waals surface area contributed by atoms with E-state index >= 15 is 0 Å². The number of ether oxygens (including phenoxy) is 1. The minimum absolute atomic E-state index is 0.500. The Hall–Kier alpha value is -0.250. The Morgan fingerprint density at radius 1 is 1.28 bits per heavy atom. The molecule has 18 heavy (non-hydrogen) atoms. The lowest BCUT2D eigenvalue weighted by molar-refractivity contribution is 0.158. The third-order valence-electron chi connectivity index (χ3n) is 2.21. The Bertz CT molecular complexity index is 421. The Morgan fingerprint density at radius 2 is 1.94 bits per heavy atom. The summed E-state index contributed by atoms with van der Waals surface area (Å²) < 4.78 is 5.36. The zero-order valence-corrected chi connectivity index (χ0v) is 12.5. The van der Waals surface area contributed by atoms with Crippen molar-refractivity contribution in [2.24, 2.45) is 0 Å². The van der Waals surface area contributed by atoms with Gasteiger partial charge in [-0.05, 0) is 19.1 Å². The predicted molar refractivity (Wildman–Crippen MR) is 78.8 cm³/mol. The highest BCUT2D eigenvalue weighted by atomic mass is 35.5. The molecule has 0 aliphatic carbocycles. The molecule has 100 valence electrons. The highest BCUT2D eigenvalue weighted by Crippen LogP contribution is 2.31. The summed E-state index contributed by atoms with van der Waals surface area (Å²) in [6.45, 7) is 8.16. The first kappa shape index (κ1) is 15.8.